The van der Waals surface area contributed by atoms with E-state index in [1.807, 2.05) is 20.8 Å². The van der Waals surface area contributed by atoms with Crippen LogP contribution in [0.25, 0.3) is 0 Å². The second-order valence-electron chi connectivity index (χ2n) is 2.49. The van der Waals surface area contributed by atoms with Crippen LogP contribution in [0.2, 0.25) is 0 Å². The van der Waals surface area contributed by atoms with Gasteiger partial charge in [-0.15, -0.1) is 0 Å². The maximum Gasteiger partial charge on any atom is 0.119 e. The molecule has 0 saturated heterocycles. The summed E-state index contributed by atoms with van der Waals surface area (Å²) in [6.45, 7) is 8.89. The highest BCUT2D eigenvalue weighted by atomic mass is 14.9. The van der Waals surface area contributed by atoms with Crippen molar-refractivity contribution in [3.05, 3.63) is 0 Å². The molecule has 58 valence electrons. The molecule has 0 amide bonds. The summed E-state index contributed by atoms with van der Waals surface area (Å²) in [6, 6.07) is 0. The molecule has 0 unspecified atom stereocenters. The van der Waals surface area contributed by atoms with Gasteiger partial charge in [0, 0.05) is 12.3 Å². The van der Waals surface area contributed by atoms with Gasteiger partial charge in [-0.05, 0) is 27.2 Å². The highest BCUT2D eigenvalue weighted by molar-refractivity contribution is 5.94. The molecule has 10 heavy (non-hydrogen) atoms. The zero-order valence-electron chi connectivity index (χ0n) is 7.31. The molecule has 0 spiro atoms. The van der Waals surface area contributed by atoms with Crippen molar-refractivity contribution in [2.45, 2.75) is 34.1 Å². The second kappa shape index (κ2) is 5.15. The van der Waals surface area contributed by atoms with E-state index in [4.69, 9.17) is 0 Å². The monoisotopic (exact) mass is 140 g/mol. The van der Waals surface area contributed by atoms with Crippen LogP contribution >= 0.6 is 0 Å². The summed E-state index contributed by atoms with van der Waals surface area (Å²) >= 11 is 0. The number of hydrogen-bond donors (Lipinski definition) is 0. The van der Waals surface area contributed by atoms with Gasteiger partial charge in [0.25, 0.3) is 0 Å². The molecule has 0 aromatic carbocycles. The number of hydrogen-bond acceptors (Lipinski definition) is 1. The number of rotatable bonds is 2. The average molecular weight is 140 g/mol. The van der Waals surface area contributed by atoms with E-state index in [1.54, 1.807) is 0 Å². The first-order valence-electron chi connectivity index (χ1n) is 3.69. The van der Waals surface area contributed by atoms with E-state index in [2.05, 4.69) is 16.9 Å². The summed E-state index contributed by atoms with van der Waals surface area (Å²) in [5.74, 6) is 0.891. The van der Waals surface area contributed by atoms with Crippen LogP contribution in [0.15, 0.2) is 9.98 Å². The van der Waals surface area contributed by atoms with Crippen LogP contribution in [0.5, 0.6) is 0 Å². The van der Waals surface area contributed by atoms with Crippen LogP contribution < -0.4 is 0 Å². The Hall–Kier alpha value is -0.660. The summed E-state index contributed by atoms with van der Waals surface area (Å²) in [7, 11) is 0. The zero-order valence-corrected chi connectivity index (χ0v) is 7.31. The molecule has 2 heteroatoms. The topological polar surface area (TPSA) is 24.7 Å². The summed E-state index contributed by atoms with van der Waals surface area (Å²) in [4.78, 5) is 8.39. The zero-order chi connectivity index (χ0) is 7.98. The molecule has 2 nitrogen and oxygen atoms in total. The average Bonchev–Trinajstić information content (AvgIpc) is 1.82. The minimum atomic E-state index is 0.891. The smallest absolute Gasteiger partial charge is 0.119 e. The number of amidine groups is 1. The van der Waals surface area contributed by atoms with Crippen LogP contribution in [0.4, 0.5) is 0 Å². The lowest BCUT2D eigenvalue weighted by Gasteiger charge is -1.92. The summed E-state index contributed by atoms with van der Waals surface area (Å²) in [5, 5.41) is 0. The minimum Gasteiger partial charge on any atom is -0.271 e. The van der Waals surface area contributed by atoms with Gasteiger partial charge in [0.1, 0.15) is 5.84 Å². The third-order valence-electron chi connectivity index (χ3n) is 0.950. The Kier molecular flexibility index (Phi) is 4.81. The van der Waals surface area contributed by atoms with E-state index in [9.17, 15) is 0 Å². The fourth-order valence-electron chi connectivity index (χ4n) is 0.633. The van der Waals surface area contributed by atoms with E-state index in [-0.39, 0.29) is 0 Å². The van der Waals surface area contributed by atoms with Crippen LogP contribution in [0, 0.1) is 0 Å². The first-order valence-corrected chi connectivity index (χ1v) is 3.69. The number of aliphatic imine (C=N–C) groups is 2. The predicted molar refractivity (Wildman–Crippen MR) is 47.1 cm³/mol. The Morgan fingerprint density at radius 3 is 2.20 bits per heavy atom. The van der Waals surface area contributed by atoms with Crippen molar-refractivity contribution < 1.29 is 0 Å². The molecular weight excluding hydrogens is 124 g/mol. The first kappa shape index (κ1) is 9.34. The lowest BCUT2D eigenvalue weighted by Crippen LogP contribution is -1.92. The van der Waals surface area contributed by atoms with Gasteiger partial charge in [-0.1, -0.05) is 6.92 Å². The molecular formula is C8H16N2. The van der Waals surface area contributed by atoms with Crippen LogP contribution in [-0.2, 0) is 0 Å². The molecule has 0 fully saturated rings. The quantitative estimate of drug-likeness (QED) is 0.415. The van der Waals surface area contributed by atoms with Crippen molar-refractivity contribution in [3.63, 3.8) is 0 Å². The predicted octanol–water partition coefficient (Wildman–Crippen LogP) is 2.30. The molecule has 0 radical (unpaired) electrons. The van der Waals surface area contributed by atoms with Gasteiger partial charge in [-0.25, -0.2) is 4.99 Å². The molecule has 0 heterocycles. The minimum absolute atomic E-state index is 0.891. The molecule has 0 aliphatic heterocycles. The van der Waals surface area contributed by atoms with E-state index in [0.717, 1.165) is 24.5 Å². The lowest BCUT2D eigenvalue weighted by atomic mass is 10.5. The first-order chi connectivity index (χ1) is 4.66. The third-order valence-corrected chi connectivity index (χ3v) is 0.950. The van der Waals surface area contributed by atoms with Crippen LogP contribution in [-0.4, -0.2) is 18.1 Å². The van der Waals surface area contributed by atoms with Crippen molar-refractivity contribution in [2.75, 3.05) is 6.54 Å². The summed E-state index contributed by atoms with van der Waals surface area (Å²) in [6.07, 6.45) is 1.09. The van der Waals surface area contributed by atoms with E-state index >= 15 is 0 Å². The largest absolute Gasteiger partial charge is 0.271 e. The van der Waals surface area contributed by atoms with Crippen molar-refractivity contribution in [1.82, 2.24) is 0 Å². The van der Waals surface area contributed by atoms with Crippen molar-refractivity contribution in [1.29, 1.82) is 0 Å². The fourth-order valence-corrected chi connectivity index (χ4v) is 0.633. The van der Waals surface area contributed by atoms with Gasteiger partial charge in [-0.3, -0.25) is 4.99 Å². The van der Waals surface area contributed by atoms with Crippen LogP contribution in [0.3, 0.4) is 0 Å². The Morgan fingerprint density at radius 2 is 1.80 bits per heavy atom. The van der Waals surface area contributed by atoms with Crippen molar-refractivity contribution >= 4 is 11.5 Å². The van der Waals surface area contributed by atoms with E-state index in [0.29, 0.717) is 0 Å². The van der Waals surface area contributed by atoms with Crippen LogP contribution in [0.1, 0.15) is 34.1 Å². The highest BCUT2D eigenvalue weighted by Gasteiger charge is 1.83. The SMILES string of the molecule is CCCN=C(C)N=C(C)C. The summed E-state index contributed by atoms with van der Waals surface area (Å²) < 4.78 is 0. The lowest BCUT2D eigenvalue weighted by molar-refractivity contribution is 0.929. The maximum atomic E-state index is 4.21. The van der Waals surface area contributed by atoms with Crippen molar-refractivity contribution in [3.8, 4) is 0 Å². The number of nitrogens with zero attached hydrogens (tertiary/aromatic N) is 2. The molecule has 0 aliphatic rings. The normalized spacial score (nSPS) is 11.4. The Balaban J connectivity index is 3.82. The maximum absolute atomic E-state index is 4.21. The van der Waals surface area contributed by atoms with Crippen molar-refractivity contribution in [2.24, 2.45) is 9.98 Å². The molecule has 0 aromatic heterocycles. The van der Waals surface area contributed by atoms with Gasteiger partial charge in [-0.2, -0.15) is 0 Å². The fraction of sp³-hybridized carbons (Fsp3) is 0.750. The molecule has 0 aliphatic carbocycles. The molecule has 0 aromatic rings. The Morgan fingerprint density at radius 1 is 1.20 bits per heavy atom. The van der Waals surface area contributed by atoms with E-state index < -0.39 is 0 Å². The highest BCUT2D eigenvalue weighted by Crippen LogP contribution is 1.85. The summed E-state index contributed by atoms with van der Waals surface area (Å²) in [5.41, 5.74) is 1.07. The van der Waals surface area contributed by atoms with Gasteiger partial charge < -0.3 is 0 Å². The van der Waals surface area contributed by atoms with Gasteiger partial charge in [0.05, 0.1) is 0 Å². The Labute approximate surface area is 63.1 Å². The molecule has 0 bridgehead atoms. The third kappa shape index (κ3) is 5.48. The molecule has 0 saturated carbocycles. The van der Waals surface area contributed by atoms with E-state index in [1.165, 1.54) is 0 Å². The van der Waals surface area contributed by atoms with Gasteiger partial charge in [0.2, 0.25) is 0 Å². The van der Waals surface area contributed by atoms with Gasteiger partial charge >= 0.3 is 0 Å². The molecule has 0 rings (SSSR count). The molecule has 0 N–H and O–H groups in total. The van der Waals surface area contributed by atoms with Gasteiger partial charge in [0.15, 0.2) is 0 Å². The molecule has 0 atom stereocenters. The second-order valence-corrected chi connectivity index (χ2v) is 2.49. The Bertz CT molecular complexity index is 141. The standard InChI is InChI=1S/C8H16N2/c1-5-6-9-8(4)10-7(2)3/h5-6H2,1-4H3.